The standard InChI is InChI=1S/C16H31N3O7/c1-16(2,3)17-9-5-4-6-10(13(22)23)18-15(26)19-11(14(24)25)7-8-12(20)21/h10-11,14,17,24-25H,4-9H2,1-3H3,(H,20,21)(H,22,23)(H2,18,19,26)/t10-,11-/m0/s1. The summed E-state index contributed by atoms with van der Waals surface area (Å²) < 4.78 is 0. The minimum Gasteiger partial charge on any atom is -0.481 e. The summed E-state index contributed by atoms with van der Waals surface area (Å²) in [6, 6.07) is -3.23. The van der Waals surface area contributed by atoms with Gasteiger partial charge in [0, 0.05) is 12.0 Å². The Bertz CT molecular complexity index is 463. The van der Waals surface area contributed by atoms with Gasteiger partial charge in [-0.25, -0.2) is 9.59 Å². The molecular weight excluding hydrogens is 346 g/mol. The number of unbranched alkanes of at least 4 members (excludes halogenated alkanes) is 1. The molecule has 26 heavy (non-hydrogen) atoms. The Hall–Kier alpha value is -1.91. The average molecular weight is 377 g/mol. The number of carboxylic acids is 2. The maximum absolute atomic E-state index is 11.9. The maximum atomic E-state index is 11.9. The molecule has 0 bridgehead atoms. The largest absolute Gasteiger partial charge is 0.481 e. The molecule has 0 aliphatic rings. The van der Waals surface area contributed by atoms with Crippen LogP contribution in [0.5, 0.6) is 0 Å². The number of nitrogens with one attached hydrogen (secondary N) is 3. The molecule has 10 nitrogen and oxygen atoms in total. The van der Waals surface area contributed by atoms with Gasteiger partial charge < -0.3 is 36.4 Å². The van der Waals surface area contributed by atoms with Crippen LogP contribution in [0.15, 0.2) is 0 Å². The van der Waals surface area contributed by atoms with Gasteiger partial charge in [0.15, 0.2) is 6.29 Å². The molecule has 2 amide bonds. The van der Waals surface area contributed by atoms with Crippen LogP contribution in [0.2, 0.25) is 0 Å². The van der Waals surface area contributed by atoms with E-state index in [4.69, 9.17) is 5.11 Å². The Labute approximate surface area is 153 Å². The molecular formula is C16H31N3O7. The summed E-state index contributed by atoms with van der Waals surface area (Å²) in [4.78, 5) is 33.7. The van der Waals surface area contributed by atoms with Gasteiger partial charge in [-0.15, -0.1) is 0 Å². The number of rotatable bonds is 12. The summed E-state index contributed by atoms with van der Waals surface area (Å²) in [5.41, 5.74) is -0.0274. The molecule has 0 saturated carbocycles. The van der Waals surface area contributed by atoms with Gasteiger partial charge in [-0.3, -0.25) is 4.79 Å². The van der Waals surface area contributed by atoms with Crippen molar-refractivity contribution in [3.8, 4) is 0 Å². The van der Waals surface area contributed by atoms with Crippen molar-refractivity contribution in [1.29, 1.82) is 0 Å². The van der Waals surface area contributed by atoms with Gasteiger partial charge in [0.2, 0.25) is 0 Å². The predicted octanol–water partition coefficient (Wildman–Crippen LogP) is -0.159. The fraction of sp³-hybridized carbons (Fsp3) is 0.812. The number of aliphatic carboxylic acids is 2. The van der Waals surface area contributed by atoms with Crippen LogP contribution in [0.4, 0.5) is 4.79 Å². The monoisotopic (exact) mass is 377 g/mol. The molecule has 0 aromatic heterocycles. The maximum Gasteiger partial charge on any atom is 0.326 e. The van der Waals surface area contributed by atoms with E-state index in [0.29, 0.717) is 6.42 Å². The third-order valence-electron chi connectivity index (χ3n) is 3.52. The zero-order chi connectivity index (χ0) is 20.3. The molecule has 7 N–H and O–H groups in total. The number of aliphatic hydroxyl groups excluding tert-OH is 1. The summed E-state index contributed by atoms with van der Waals surface area (Å²) in [5, 5.41) is 43.9. The fourth-order valence-electron chi connectivity index (χ4n) is 2.14. The van der Waals surface area contributed by atoms with E-state index in [2.05, 4.69) is 16.0 Å². The van der Waals surface area contributed by atoms with Crippen molar-refractivity contribution in [2.75, 3.05) is 6.54 Å². The molecule has 0 saturated heterocycles. The fourth-order valence-corrected chi connectivity index (χ4v) is 2.14. The third-order valence-corrected chi connectivity index (χ3v) is 3.52. The average Bonchev–Trinajstić information content (AvgIpc) is 2.48. The van der Waals surface area contributed by atoms with Crippen molar-refractivity contribution >= 4 is 18.0 Å². The highest BCUT2D eigenvalue weighted by atomic mass is 16.5. The predicted molar refractivity (Wildman–Crippen MR) is 93.6 cm³/mol. The van der Waals surface area contributed by atoms with Crippen LogP contribution < -0.4 is 16.0 Å². The van der Waals surface area contributed by atoms with Crippen molar-refractivity contribution in [2.24, 2.45) is 0 Å². The van der Waals surface area contributed by atoms with Gasteiger partial charge in [-0.05, 0) is 53.0 Å². The molecule has 0 aromatic carbocycles. The van der Waals surface area contributed by atoms with Gasteiger partial charge in [-0.1, -0.05) is 0 Å². The summed E-state index contributed by atoms with van der Waals surface area (Å²) in [6.45, 7) is 6.79. The van der Waals surface area contributed by atoms with Crippen molar-refractivity contribution < 1.29 is 34.8 Å². The Morgan fingerprint density at radius 2 is 1.58 bits per heavy atom. The molecule has 0 rings (SSSR count). The number of carbonyl (C=O) groups is 3. The van der Waals surface area contributed by atoms with E-state index in [-0.39, 0.29) is 24.8 Å². The van der Waals surface area contributed by atoms with Gasteiger partial charge in [0.25, 0.3) is 0 Å². The van der Waals surface area contributed by atoms with Crippen LogP contribution in [-0.4, -0.2) is 68.9 Å². The van der Waals surface area contributed by atoms with Crippen LogP contribution >= 0.6 is 0 Å². The molecule has 0 fully saturated rings. The van der Waals surface area contributed by atoms with E-state index in [0.717, 1.165) is 13.0 Å². The molecule has 0 heterocycles. The van der Waals surface area contributed by atoms with E-state index in [1.807, 2.05) is 20.8 Å². The van der Waals surface area contributed by atoms with Crippen LogP contribution in [0.25, 0.3) is 0 Å². The lowest BCUT2D eigenvalue weighted by Gasteiger charge is -2.22. The van der Waals surface area contributed by atoms with E-state index >= 15 is 0 Å². The third kappa shape index (κ3) is 12.5. The smallest absolute Gasteiger partial charge is 0.326 e. The first-order chi connectivity index (χ1) is 11.9. The van der Waals surface area contributed by atoms with Gasteiger partial charge in [0.1, 0.15) is 6.04 Å². The SMILES string of the molecule is CC(C)(C)NCCCC[C@H](NC(=O)N[C@@H](CCC(=O)O)C(O)O)C(=O)O. The molecule has 0 aliphatic carbocycles. The minimum absolute atomic E-state index is 0.0274. The first kappa shape index (κ1) is 24.1. The number of hydrogen-bond acceptors (Lipinski definition) is 6. The number of aliphatic hydroxyl groups is 2. The second-order valence-corrected chi connectivity index (χ2v) is 7.13. The van der Waals surface area contributed by atoms with Crippen molar-refractivity contribution in [3.05, 3.63) is 0 Å². The lowest BCUT2D eigenvalue weighted by molar-refractivity contribution is -0.139. The first-order valence-electron chi connectivity index (χ1n) is 8.55. The van der Waals surface area contributed by atoms with Gasteiger partial charge in [0.05, 0.1) is 6.04 Å². The zero-order valence-corrected chi connectivity index (χ0v) is 15.5. The van der Waals surface area contributed by atoms with Crippen molar-refractivity contribution in [3.63, 3.8) is 0 Å². The molecule has 0 radical (unpaired) electrons. The Morgan fingerprint density at radius 3 is 2.04 bits per heavy atom. The van der Waals surface area contributed by atoms with Crippen molar-refractivity contribution in [1.82, 2.24) is 16.0 Å². The quantitative estimate of drug-likeness (QED) is 0.182. The highest BCUT2D eigenvalue weighted by Gasteiger charge is 2.24. The molecule has 10 heteroatoms. The lowest BCUT2D eigenvalue weighted by Crippen LogP contribution is -2.52. The summed E-state index contributed by atoms with van der Waals surface area (Å²) in [7, 11) is 0. The van der Waals surface area contributed by atoms with Crippen LogP contribution in [0.3, 0.4) is 0 Å². The van der Waals surface area contributed by atoms with Crippen LogP contribution in [0.1, 0.15) is 52.9 Å². The summed E-state index contributed by atoms with van der Waals surface area (Å²) in [5.74, 6) is -2.35. The van der Waals surface area contributed by atoms with Crippen LogP contribution in [-0.2, 0) is 9.59 Å². The lowest BCUT2D eigenvalue weighted by atomic mass is 10.1. The van der Waals surface area contributed by atoms with E-state index in [1.165, 1.54) is 0 Å². The summed E-state index contributed by atoms with van der Waals surface area (Å²) in [6.07, 6.45) is -0.989. The number of amides is 2. The molecule has 0 aromatic rings. The molecule has 0 unspecified atom stereocenters. The number of hydrogen-bond donors (Lipinski definition) is 7. The van der Waals surface area contributed by atoms with E-state index < -0.39 is 36.3 Å². The highest BCUT2D eigenvalue weighted by Crippen LogP contribution is 2.05. The first-order valence-corrected chi connectivity index (χ1v) is 8.55. The molecule has 2 atom stereocenters. The highest BCUT2D eigenvalue weighted by molar-refractivity contribution is 5.82. The zero-order valence-electron chi connectivity index (χ0n) is 15.5. The molecule has 152 valence electrons. The number of carbonyl (C=O) groups excluding carboxylic acids is 1. The van der Waals surface area contributed by atoms with Gasteiger partial charge in [-0.2, -0.15) is 0 Å². The topological polar surface area (TPSA) is 168 Å². The summed E-state index contributed by atoms with van der Waals surface area (Å²) >= 11 is 0. The molecule has 0 spiro atoms. The number of urea groups is 1. The second-order valence-electron chi connectivity index (χ2n) is 7.13. The second kappa shape index (κ2) is 11.7. The van der Waals surface area contributed by atoms with Crippen molar-refractivity contribution in [2.45, 2.75) is 76.8 Å². The number of carboxylic acid groups (broad SMARTS) is 2. The van der Waals surface area contributed by atoms with Crippen LogP contribution in [0, 0.1) is 0 Å². The van der Waals surface area contributed by atoms with E-state index in [1.54, 1.807) is 0 Å². The van der Waals surface area contributed by atoms with E-state index in [9.17, 15) is 29.7 Å². The Balaban J connectivity index is 4.39. The molecule has 0 aliphatic heterocycles. The minimum atomic E-state index is -1.95. The van der Waals surface area contributed by atoms with Gasteiger partial charge >= 0.3 is 18.0 Å². The Morgan fingerprint density at radius 1 is 0.962 bits per heavy atom. The Kier molecular flexibility index (Phi) is 10.8. The normalized spacial score (nSPS) is 13.9.